The Morgan fingerprint density at radius 2 is 1.43 bits per heavy atom. The SMILES string of the molecule is COc1cc(N2CCN(Cc3ccc(/C=C/C(=O)NO)cc3)CC2)cc(-n2cc(CCN(Cc3ccc(/C=C/C(=O)NO)cc3)C(C)CO)c3ccccc32)c1. The molecule has 0 saturated carbocycles. The number of piperazine rings is 1. The molecule has 6 rings (SSSR count). The second-order valence-corrected chi connectivity index (χ2v) is 14.0. The smallest absolute Gasteiger partial charge is 0.267 e. The maximum absolute atomic E-state index is 11.4. The average Bonchev–Trinajstić information content (AvgIpc) is 3.62. The van der Waals surface area contributed by atoms with E-state index >= 15 is 0 Å². The highest BCUT2D eigenvalue weighted by molar-refractivity contribution is 5.91. The molecular weight excluding hydrogens is 709 g/mol. The first-order valence-corrected chi connectivity index (χ1v) is 18.8. The molecule has 4 aromatic carbocycles. The van der Waals surface area contributed by atoms with Crippen molar-refractivity contribution in [2.75, 3.05) is 51.3 Å². The van der Waals surface area contributed by atoms with Gasteiger partial charge in [-0.3, -0.25) is 29.8 Å². The zero-order chi connectivity index (χ0) is 39.4. The number of para-hydroxylation sites is 1. The fourth-order valence-corrected chi connectivity index (χ4v) is 7.05. The van der Waals surface area contributed by atoms with Crippen LogP contribution in [0.2, 0.25) is 0 Å². The number of carbonyl (C=O) groups excluding carboxylic acids is 2. The zero-order valence-electron chi connectivity index (χ0n) is 31.8. The summed E-state index contributed by atoms with van der Waals surface area (Å²) in [5.41, 5.74) is 11.7. The van der Waals surface area contributed by atoms with Crippen LogP contribution in [0, 0.1) is 0 Å². The molecule has 2 amide bonds. The molecule has 56 heavy (non-hydrogen) atoms. The highest BCUT2D eigenvalue weighted by Gasteiger charge is 2.21. The van der Waals surface area contributed by atoms with E-state index in [0.717, 1.165) is 85.0 Å². The number of hydroxylamine groups is 2. The van der Waals surface area contributed by atoms with Gasteiger partial charge in [0, 0.05) is 93.4 Å². The number of methoxy groups -OCH3 is 1. The van der Waals surface area contributed by atoms with E-state index in [2.05, 4.69) is 80.1 Å². The van der Waals surface area contributed by atoms with Crippen molar-refractivity contribution in [2.24, 2.45) is 0 Å². The Kier molecular flexibility index (Phi) is 13.7. The number of hydrogen-bond acceptors (Lipinski definition) is 9. The number of aliphatic hydroxyl groups is 1. The number of aromatic nitrogens is 1. The largest absolute Gasteiger partial charge is 0.497 e. The standard InChI is InChI=1S/C44H50N6O6/c1-32(31-51)49(29-36-13-9-34(10-14-36)16-18-44(53)46-55)20-19-37-30-50(42-6-4-3-5-41(37)42)39-25-38(26-40(27-39)56-2)48-23-21-47(22-24-48)28-35-11-7-33(8-12-35)15-17-43(52)45-54/h3-18,25-27,30,32,51,54-55H,19-24,28-29,31H2,1-2H3,(H,45,52)(H,46,53)/b17-15+,18-16+. The van der Waals surface area contributed by atoms with Crippen LogP contribution in [0.4, 0.5) is 5.69 Å². The molecule has 1 fully saturated rings. The first kappa shape index (κ1) is 39.9. The Morgan fingerprint density at radius 1 is 0.821 bits per heavy atom. The third-order valence-corrected chi connectivity index (χ3v) is 10.3. The summed E-state index contributed by atoms with van der Waals surface area (Å²) in [7, 11) is 1.71. The number of amides is 2. The van der Waals surface area contributed by atoms with Crippen LogP contribution in [-0.2, 0) is 29.1 Å². The highest BCUT2D eigenvalue weighted by Crippen LogP contribution is 2.32. The van der Waals surface area contributed by atoms with Gasteiger partial charge in [-0.1, -0.05) is 66.7 Å². The quantitative estimate of drug-likeness (QED) is 0.0507. The molecule has 5 N–H and O–H groups in total. The van der Waals surface area contributed by atoms with Crippen molar-refractivity contribution < 1.29 is 29.8 Å². The molecule has 0 radical (unpaired) electrons. The monoisotopic (exact) mass is 758 g/mol. The molecule has 1 aliphatic rings. The van der Waals surface area contributed by atoms with Gasteiger partial charge in [-0.05, 0) is 65.4 Å². The summed E-state index contributed by atoms with van der Waals surface area (Å²) in [4.78, 5) is 29.8. The first-order valence-electron chi connectivity index (χ1n) is 18.8. The number of ether oxygens (including phenoxy) is 1. The van der Waals surface area contributed by atoms with Crippen molar-refractivity contribution in [3.05, 3.63) is 137 Å². The van der Waals surface area contributed by atoms with Gasteiger partial charge in [-0.25, -0.2) is 11.0 Å². The minimum Gasteiger partial charge on any atom is -0.497 e. The Morgan fingerprint density at radius 3 is 2.04 bits per heavy atom. The minimum atomic E-state index is -0.583. The van der Waals surface area contributed by atoms with Crippen LogP contribution in [0.3, 0.4) is 0 Å². The number of nitrogens with zero attached hydrogens (tertiary/aromatic N) is 4. The predicted molar refractivity (Wildman–Crippen MR) is 219 cm³/mol. The van der Waals surface area contributed by atoms with Gasteiger partial charge in [0.1, 0.15) is 5.75 Å². The van der Waals surface area contributed by atoms with E-state index in [9.17, 15) is 14.7 Å². The van der Waals surface area contributed by atoms with Gasteiger partial charge in [0.2, 0.25) is 0 Å². The molecule has 5 aromatic rings. The van der Waals surface area contributed by atoms with Crippen LogP contribution in [0.5, 0.6) is 5.75 Å². The number of benzene rings is 4. The third kappa shape index (κ3) is 10.3. The molecule has 2 heterocycles. The van der Waals surface area contributed by atoms with Crippen molar-refractivity contribution in [1.29, 1.82) is 0 Å². The molecule has 0 bridgehead atoms. The van der Waals surface area contributed by atoms with E-state index in [0.29, 0.717) is 6.54 Å². The maximum atomic E-state index is 11.4. The molecule has 292 valence electrons. The Bertz CT molecular complexity index is 2140. The van der Waals surface area contributed by atoms with Gasteiger partial charge in [0.15, 0.2) is 0 Å². The lowest BCUT2D eigenvalue weighted by Gasteiger charge is -2.36. The van der Waals surface area contributed by atoms with Crippen molar-refractivity contribution in [2.45, 2.75) is 32.5 Å². The van der Waals surface area contributed by atoms with Crippen LogP contribution >= 0.6 is 0 Å². The molecule has 1 unspecified atom stereocenters. The second kappa shape index (κ2) is 19.2. The molecule has 0 spiro atoms. The fourth-order valence-electron chi connectivity index (χ4n) is 7.05. The number of fused-ring (bicyclic) bond motifs is 1. The van der Waals surface area contributed by atoms with Crippen LogP contribution in [0.15, 0.2) is 109 Å². The average molecular weight is 759 g/mol. The molecule has 0 aliphatic carbocycles. The van der Waals surface area contributed by atoms with Crippen LogP contribution in [0.25, 0.3) is 28.7 Å². The van der Waals surface area contributed by atoms with Crippen molar-refractivity contribution >= 4 is 40.6 Å². The molecule has 1 aromatic heterocycles. The van der Waals surface area contributed by atoms with Crippen molar-refractivity contribution in [3.8, 4) is 11.4 Å². The molecule has 1 atom stereocenters. The second-order valence-electron chi connectivity index (χ2n) is 14.0. The fraction of sp³-hybridized carbons (Fsp3) is 0.273. The van der Waals surface area contributed by atoms with Gasteiger partial charge in [0.05, 0.1) is 24.9 Å². The molecule has 1 saturated heterocycles. The van der Waals surface area contributed by atoms with Gasteiger partial charge in [-0.15, -0.1) is 0 Å². The molecule has 12 heteroatoms. The van der Waals surface area contributed by atoms with E-state index in [1.165, 1.54) is 28.7 Å². The molecular formula is C44H50N6O6. The van der Waals surface area contributed by atoms with E-state index in [1.54, 1.807) is 30.2 Å². The summed E-state index contributed by atoms with van der Waals surface area (Å²) in [6.45, 7) is 7.89. The Labute approximate surface area is 327 Å². The normalized spacial score (nSPS) is 14.2. The number of rotatable bonds is 16. The van der Waals surface area contributed by atoms with Gasteiger partial charge in [-0.2, -0.15) is 0 Å². The minimum absolute atomic E-state index is 0.0413. The summed E-state index contributed by atoms with van der Waals surface area (Å²) >= 11 is 0. The summed E-state index contributed by atoms with van der Waals surface area (Å²) < 4.78 is 8.09. The number of anilines is 1. The summed E-state index contributed by atoms with van der Waals surface area (Å²) in [5.74, 6) is -0.346. The van der Waals surface area contributed by atoms with Crippen LogP contribution in [0.1, 0.15) is 34.7 Å². The van der Waals surface area contributed by atoms with E-state index < -0.39 is 11.8 Å². The van der Waals surface area contributed by atoms with E-state index in [-0.39, 0.29) is 12.6 Å². The zero-order valence-corrected chi connectivity index (χ0v) is 31.8. The number of aliphatic hydroxyl groups excluding tert-OH is 1. The predicted octanol–water partition coefficient (Wildman–Crippen LogP) is 5.42. The summed E-state index contributed by atoms with van der Waals surface area (Å²) in [6.07, 6.45) is 8.89. The number of nitrogens with one attached hydrogen (secondary N) is 2. The lowest BCUT2D eigenvalue weighted by molar-refractivity contribution is -0.124. The Hall–Kier alpha value is -5.76. The highest BCUT2D eigenvalue weighted by atomic mass is 16.5. The van der Waals surface area contributed by atoms with E-state index in [4.69, 9.17) is 15.2 Å². The topological polar surface area (TPSA) is 143 Å². The lowest BCUT2D eigenvalue weighted by atomic mass is 10.1. The Balaban J connectivity index is 1.14. The van der Waals surface area contributed by atoms with Crippen LogP contribution < -0.4 is 20.6 Å². The lowest BCUT2D eigenvalue weighted by Crippen LogP contribution is -2.46. The number of hydrogen-bond donors (Lipinski definition) is 5. The van der Waals surface area contributed by atoms with Gasteiger partial charge < -0.3 is 19.3 Å². The van der Waals surface area contributed by atoms with Gasteiger partial charge in [0.25, 0.3) is 11.8 Å². The molecule has 12 nitrogen and oxygen atoms in total. The van der Waals surface area contributed by atoms with Crippen molar-refractivity contribution in [3.63, 3.8) is 0 Å². The van der Waals surface area contributed by atoms with Crippen LogP contribution in [-0.4, -0.2) is 94.2 Å². The summed E-state index contributed by atoms with van der Waals surface area (Å²) in [5, 5.41) is 28.8. The van der Waals surface area contributed by atoms with Gasteiger partial charge >= 0.3 is 0 Å². The molecule has 1 aliphatic heterocycles. The summed E-state index contributed by atoms with van der Waals surface area (Å²) in [6, 6.07) is 30.8. The number of carbonyl (C=O) groups is 2. The first-order chi connectivity index (χ1) is 27.3. The van der Waals surface area contributed by atoms with E-state index in [1.807, 2.05) is 43.3 Å². The van der Waals surface area contributed by atoms with Crippen molar-refractivity contribution in [1.82, 2.24) is 25.3 Å². The maximum Gasteiger partial charge on any atom is 0.267 e. The third-order valence-electron chi connectivity index (χ3n) is 10.3.